The summed E-state index contributed by atoms with van der Waals surface area (Å²) in [5.41, 5.74) is 0.849. The number of hydrogen-bond acceptors (Lipinski definition) is 2. The van der Waals surface area contributed by atoms with Gasteiger partial charge in [-0.3, -0.25) is 9.78 Å². The first kappa shape index (κ1) is 9.45. The third-order valence-electron chi connectivity index (χ3n) is 1.73. The minimum atomic E-state index is -0.0892. The lowest BCUT2D eigenvalue weighted by atomic mass is 10.3. The first-order valence-electron chi connectivity index (χ1n) is 4.13. The highest BCUT2D eigenvalue weighted by Crippen LogP contribution is 2.11. The van der Waals surface area contributed by atoms with Crippen LogP contribution in [0.2, 0.25) is 0 Å². The number of carbonyl (C=O) groups is 1. The molecular weight excluding hydrogens is 164 g/mol. The highest BCUT2D eigenvalue weighted by molar-refractivity contribution is 6.00. The van der Waals surface area contributed by atoms with E-state index < -0.39 is 0 Å². The maximum Gasteiger partial charge on any atom is 0.250 e. The Bertz CT molecular complexity index is 295. The Labute approximate surface area is 77.7 Å². The van der Waals surface area contributed by atoms with Gasteiger partial charge in [-0.25, -0.2) is 0 Å². The van der Waals surface area contributed by atoms with Gasteiger partial charge >= 0.3 is 0 Å². The Hall–Kier alpha value is -1.64. The molecule has 68 valence electrons. The molecule has 0 saturated carbocycles. The molecule has 0 aliphatic carbocycles. The predicted molar refractivity (Wildman–Crippen MR) is 52.5 cm³/mol. The molecule has 1 aromatic heterocycles. The zero-order valence-electron chi connectivity index (χ0n) is 7.60. The molecule has 0 bridgehead atoms. The highest BCUT2D eigenvalue weighted by Gasteiger charge is 2.08. The second-order valence-corrected chi connectivity index (χ2v) is 2.49. The van der Waals surface area contributed by atoms with Crippen molar-refractivity contribution in [2.75, 3.05) is 11.4 Å². The first-order chi connectivity index (χ1) is 6.29. The van der Waals surface area contributed by atoms with Crippen LogP contribution in [0.4, 0.5) is 5.69 Å². The average molecular weight is 176 g/mol. The van der Waals surface area contributed by atoms with Crippen LogP contribution in [0.1, 0.15) is 6.92 Å². The van der Waals surface area contributed by atoms with Crippen LogP contribution in [0.15, 0.2) is 37.2 Å². The van der Waals surface area contributed by atoms with Crippen molar-refractivity contribution < 1.29 is 4.79 Å². The van der Waals surface area contributed by atoms with Crippen molar-refractivity contribution >= 4 is 11.6 Å². The molecule has 0 N–H and O–H groups in total. The molecule has 0 spiro atoms. The number of carbonyl (C=O) groups excluding carboxylic acids is 1. The molecule has 0 radical (unpaired) electrons. The van der Waals surface area contributed by atoms with Gasteiger partial charge in [0.05, 0.1) is 0 Å². The van der Waals surface area contributed by atoms with Crippen molar-refractivity contribution in [2.45, 2.75) is 6.92 Å². The summed E-state index contributed by atoms with van der Waals surface area (Å²) in [7, 11) is 0. The third-order valence-corrected chi connectivity index (χ3v) is 1.73. The SMILES string of the molecule is C=CC(=O)N(CC)c1ccncc1. The molecule has 1 rings (SSSR count). The van der Waals surface area contributed by atoms with Crippen LogP contribution in [0.5, 0.6) is 0 Å². The van der Waals surface area contributed by atoms with Gasteiger partial charge in [0.2, 0.25) is 5.91 Å². The van der Waals surface area contributed by atoms with Crippen LogP contribution >= 0.6 is 0 Å². The smallest absolute Gasteiger partial charge is 0.250 e. The zero-order valence-corrected chi connectivity index (χ0v) is 7.60. The lowest BCUT2D eigenvalue weighted by Gasteiger charge is -2.18. The molecule has 0 fully saturated rings. The fraction of sp³-hybridized carbons (Fsp3) is 0.200. The van der Waals surface area contributed by atoms with E-state index in [1.807, 2.05) is 6.92 Å². The predicted octanol–water partition coefficient (Wildman–Crippen LogP) is 1.62. The van der Waals surface area contributed by atoms with Crippen molar-refractivity contribution in [3.63, 3.8) is 0 Å². The van der Waals surface area contributed by atoms with Gasteiger partial charge in [-0.2, -0.15) is 0 Å². The Morgan fingerprint density at radius 3 is 2.69 bits per heavy atom. The quantitative estimate of drug-likeness (QED) is 0.656. The van der Waals surface area contributed by atoms with E-state index >= 15 is 0 Å². The lowest BCUT2D eigenvalue weighted by molar-refractivity contribution is -0.114. The minimum Gasteiger partial charge on any atom is -0.309 e. The summed E-state index contributed by atoms with van der Waals surface area (Å²) >= 11 is 0. The topological polar surface area (TPSA) is 33.2 Å². The minimum absolute atomic E-state index is 0.0892. The molecule has 0 aliphatic rings. The average Bonchev–Trinajstić information content (AvgIpc) is 2.20. The van der Waals surface area contributed by atoms with E-state index in [0.717, 1.165) is 5.69 Å². The molecule has 0 aromatic carbocycles. The van der Waals surface area contributed by atoms with E-state index in [9.17, 15) is 4.79 Å². The summed E-state index contributed by atoms with van der Waals surface area (Å²) in [5.74, 6) is -0.0892. The van der Waals surface area contributed by atoms with Gasteiger partial charge in [-0.1, -0.05) is 6.58 Å². The van der Waals surface area contributed by atoms with Crippen molar-refractivity contribution in [1.82, 2.24) is 4.98 Å². The molecule has 1 heterocycles. The van der Waals surface area contributed by atoms with Crippen LogP contribution in [0.25, 0.3) is 0 Å². The summed E-state index contributed by atoms with van der Waals surface area (Å²) in [6.07, 6.45) is 4.63. The monoisotopic (exact) mass is 176 g/mol. The first-order valence-corrected chi connectivity index (χ1v) is 4.13. The van der Waals surface area contributed by atoms with Crippen LogP contribution in [0, 0.1) is 0 Å². The number of pyridine rings is 1. The van der Waals surface area contributed by atoms with Gasteiger partial charge in [0.15, 0.2) is 0 Å². The fourth-order valence-electron chi connectivity index (χ4n) is 1.10. The molecule has 3 nitrogen and oxygen atoms in total. The van der Waals surface area contributed by atoms with Gasteiger partial charge in [0, 0.05) is 24.6 Å². The molecule has 13 heavy (non-hydrogen) atoms. The van der Waals surface area contributed by atoms with Gasteiger partial charge in [0.25, 0.3) is 0 Å². The van der Waals surface area contributed by atoms with E-state index in [2.05, 4.69) is 11.6 Å². The van der Waals surface area contributed by atoms with Crippen LogP contribution in [-0.2, 0) is 4.79 Å². The van der Waals surface area contributed by atoms with Crippen molar-refractivity contribution in [3.8, 4) is 0 Å². The standard InChI is InChI=1S/C10H12N2O/c1-3-10(13)12(4-2)9-5-7-11-8-6-9/h3,5-8H,1,4H2,2H3. The molecule has 1 aromatic rings. The summed E-state index contributed by atoms with van der Waals surface area (Å²) in [6, 6.07) is 3.59. The Morgan fingerprint density at radius 1 is 1.62 bits per heavy atom. The van der Waals surface area contributed by atoms with Crippen LogP contribution in [0.3, 0.4) is 0 Å². The zero-order chi connectivity index (χ0) is 9.68. The highest BCUT2D eigenvalue weighted by atomic mass is 16.2. The summed E-state index contributed by atoms with van der Waals surface area (Å²) in [5, 5.41) is 0. The number of hydrogen-bond donors (Lipinski definition) is 0. The largest absolute Gasteiger partial charge is 0.309 e. The normalized spacial score (nSPS) is 9.31. The maximum atomic E-state index is 11.3. The van der Waals surface area contributed by atoms with Crippen LogP contribution < -0.4 is 4.90 Å². The molecule has 3 heteroatoms. The van der Waals surface area contributed by atoms with Gasteiger partial charge in [0.1, 0.15) is 0 Å². The van der Waals surface area contributed by atoms with Crippen molar-refractivity contribution in [3.05, 3.63) is 37.2 Å². The Morgan fingerprint density at radius 2 is 2.23 bits per heavy atom. The van der Waals surface area contributed by atoms with Gasteiger partial charge < -0.3 is 4.90 Å². The third kappa shape index (κ3) is 2.15. The summed E-state index contributed by atoms with van der Waals surface area (Å²) in [6.45, 7) is 6.00. The lowest BCUT2D eigenvalue weighted by Crippen LogP contribution is -2.28. The molecular formula is C10H12N2O. The van der Waals surface area contributed by atoms with Crippen LogP contribution in [-0.4, -0.2) is 17.4 Å². The Kier molecular flexibility index (Phi) is 3.20. The van der Waals surface area contributed by atoms with E-state index in [4.69, 9.17) is 0 Å². The van der Waals surface area contributed by atoms with Gasteiger partial charge in [-0.05, 0) is 25.1 Å². The fourth-order valence-corrected chi connectivity index (χ4v) is 1.10. The van der Waals surface area contributed by atoms with Crippen molar-refractivity contribution in [2.24, 2.45) is 0 Å². The number of nitrogens with zero attached hydrogens (tertiary/aromatic N) is 2. The number of rotatable bonds is 3. The van der Waals surface area contributed by atoms with E-state index in [1.54, 1.807) is 29.4 Å². The molecule has 0 unspecified atom stereocenters. The summed E-state index contributed by atoms with van der Waals surface area (Å²) < 4.78 is 0. The maximum absolute atomic E-state index is 11.3. The van der Waals surface area contributed by atoms with E-state index in [0.29, 0.717) is 6.54 Å². The number of anilines is 1. The summed E-state index contributed by atoms with van der Waals surface area (Å²) in [4.78, 5) is 16.8. The second kappa shape index (κ2) is 4.40. The number of aromatic nitrogens is 1. The second-order valence-electron chi connectivity index (χ2n) is 2.49. The van der Waals surface area contributed by atoms with E-state index in [1.165, 1.54) is 6.08 Å². The van der Waals surface area contributed by atoms with E-state index in [-0.39, 0.29) is 5.91 Å². The Balaban J connectivity index is 2.91. The van der Waals surface area contributed by atoms with Crippen molar-refractivity contribution in [1.29, 1.82) is 0 Å². The van der Waals surface area contributed by atoms with Gasteiger partial charge in [-0.15, -0.1) is 0 Å². The molecule has 0 saturated heterocycles. The number of likely N-dealkylation sites (N-methyl/N-ethyl adjacent to an activating group) is 1. The molecule has 1 amide bonds. The molecule has 0 atom stereocenters. The number of amides is 1. The molecule has 0 aliphatic heterocycles.